The number of rotatable bonds is 1. The molecule has 0 spiro atoms. The third-order valence-corrected chi connectivity index (χ3v) is 5.76. The summed E-state index contributed by atoms with van der Waals surface area (Å²) in [5.41, 5.74) is 4.55. The highest BCUT2D eigenvalue weighted by molar-refractivity contribution is 9.10. The third kappa shape index (κ3) is 2.74. The lowest BCUT2D eigenvalue weighted by atomic mass is 9.67. The topological polar surface area (TPSA) is 60.8 Å². The quantitative estimate of drug-likeness (QED) is 0.625. The number of fused-ring (bicyclic) bond motifs is 2. The van der Waals surface area contributed by atoms with Crippen LogP contribution in [0, 0.1) is 0 Å². The molecule has 2 aromatic rings. The Morgan fingerprint density at radius 2 is 1.77 bits per heavy atom. The molecule has 1 amide bonds. The number of carbonyl (C=O) groups is 1. The highest BCUT2D eigenvalue weighted by atomic mass is 79.9. The highest BCUT2D eigenvalue weighted by Crippen LogP contribution is 2.53. The van der Waals surface area contributed by atoms with Crippen LogP contribution in [0.25, 0.3) is 0 Å². The lowest BCUT2D eigenvalue weighted by molar-refractivity contribution is 0.204. The molecule has 0 bridgehead atoms. The van der Waals surface area contributed by atoms with Gasteiger partial charge in [-0.3, -0.25) is 0 Å². The fraction of sp³-hybridized carbons (Fsp3) is 0.381. The smallest absolute Gasteiger partial charge is 0.416 e. The first-order valence-corrected chi connectivity index (χ1v) is 9.40. The summed E-state index contributed by atoms with van der Waals surface area (Å²) < 4.78 is 0.976. The van der Waals surface area contributed by atoms with E-state index in [4.69, 9.17) is 0 Å². The van der Waals surface area contributed by atoms with Crippen molar-refractivity contribution in [2.24, 2.45) is 0 Å². The van der Waals surface area contributed by atoms with Gasteiger partial charge in [-0.1, -0.05) is 62.7 Å². The second-order valence-corrected chi connectivity index (χ2v) is 9.17. The van der Waals surface area contributed by atoms with Gasteiger partial charge in [-0.2, -0.15) is 0 Å². The van der Waals surface area contributed by atoms with E-state index < -0.39 is 11.5 Å². The molecule has 3 rings (SSSR count). The molecule has 0 atom stereocenters. The van der Waals surface area contributed by atoms with Gasteiger partial charge < -0.3 is 10.2 Å². The molecule has 1 heterocycles. The Balaban J connectivity index is 2.46. The van der Waals surface area contributed by atoms with E-state index in [1.54, 1.807) is 12.1 Å². The van der Waals surface area contributed by atoms with E-state index in [2.05, 4.69) is 50.5 Å². The number of aliphatic hydroxyl groups excluding tert-OH is 1. The van der Waals surface area contributed by atoms with Crippen LogP contribution in [-0.2, 0) is 17.4 Å². The van der Waals surface area contributed by atoms with Crippen molar-refractivity contribution in [1.82, 2.24) is 0 Å². The van der Waals surface area contributed by atoms with Crippen LogP contribution < -0.4 is 4.90 Å². The molecule has 0 saturated carbocycles. The number of nitrogens with zero attached hydrogens (tertiary/aromatic N) is 1. The summed E-state index contributed by atoms with van der Waals surface area (Å²) in [6.07, 6.45) is -1.01. The summed E-state index contributed by atoms with van der Waals surface area (Å²) >= 11 is 3.68. The van der Waals surface area contributed by atoms with Gasteiger partial charge in [0.2, 0.25) is 0 Å². The number of halogens is 1. The van der Waals surface area contributed by atoms with E-state index in [1.165, 1.54) is 4.90 Å². The number of hydrogen-bond donors (Lipinski definition) is 2. The van der Waals surface area contributed by atoms with Gasteiger partial charge >= 0.3 is 6.09 Å². The largest absolute Gasteiger partial charge is 0.464 e. The molecule has 0 saturated heterocycles. The predicted molar refractivity (Wildman–Crippen MR) is 107 cm³/mol. The van der Waals surface area contributed by atoms with Crippen LogP contribution in [0.15, 0.2) is 34.8 Å². The van der Waals surface area contributed by atoms with Crippen LogP contribution in [-0.4, -0.2) is 16.3 Å². The van der Waals surface area contributed by atoms with Crippen molar-refractivity contribution in [2.75, 3.05) is 4.90 Å². The van der Waals surface area contributed by atoms with Crippen molar-refractivity contribution < 1.29 is 15.0 Å². The first-order valence-electron chi connectivity index (χ1n) is 8.61. The zero-order valence-corrected chi connectivity index (χ0v) is 17.3. The van der Waals surface area contributed by atoms with Gasteiger partial charge in [-0.15, -0.1) is 0 Å². The average molecular weight is 418 g/mol. The van der Waals surface area contributed by atoms with E-state index in [0.717, 1.165) is 26.7 Å². The first-order chi connectivity index (χ1) is 12.0. The van der Waals surface area contributed by atoms with Gasteiger partial charge in [-0.05, 0) is 45.9 Å². The highest BCUT2D eigenvalue weighted by Gasteiger charge is 2.42. The summed E-state index contributed by atoms with van der Waals surface area (Å²) in [7, 11) is 0. The van der Waals surface area contributed by atoms with Crippen molar-refractivity contribution >= 4 is 33.4 Å². The number of benzene rings is 2. The Labute approximate surface area is 162 Å². The van der Waals surface area contributed by atoms with Crippen molar-refractivity contribution in [1.29, 1.82) is 0 Å². The lowest BCUT2D eigenvalue weighted by Gasteiger charge is -2.43. The van der Waals surface area contributed by atoms with E-state index >= 15 is 0 Å². The SMILES string of the molecule is CC(C)(C)c1c(Br)ccc2c1C(C)(C)c1cc(CO)ccc1N2C(=O)O. The molecule has 5 heteroatoms. The summed E-state index contributed by atoms with van der Waals surface area (Å²) in [5.74, 6) is 0. The molecule has 0 unspecified atom stereocenters. The fourth-order valence-corrected chi connectivity index (χ4v) is 4.89. The minimum Gasteiger partial charge on any atom is -0.464 e. The molecule has 1 aliphatic heterocycles. The minimum absolute atomic E-state index is 0.0755. The molecule has 0 aliphatic carbocycles. The van der Waals surface area contributed by atoms with Gasteiger partial charge in [0, 0.05) is 9.89 Å². The van der Waals surface area contributed by atoms with Gasteiger partial charge in [-0.25, -0.2) is 9.69 Å². The van der Waals surface area contributed by atoms with Crippen molar-refractivity contribution in [3.05, 3.63) is 57.1 Å². The Morgan fingerprint density at radius 1 is 1.15 bits per heavy atom. The van der Waals surface area contributed by atoms with Gasteiger partial charge in [0.05, 0.1) is 18.0 Å². The van der Waals surface area contributed by atoms with Crippen molar-refractivity contribution in [3.63, 3.8) is 0 Å². The summed E-state index contributed by atoms with van der Waals surface area (Å²) in [4.78, 5) is 13.5. The standard InChI is InChI=1S/C21H24BrNO3/c1-20(2,3)17-14(22)7-9-16-18(17)21(4,5)13-10-12(11-24)6-8-15(13)23(16)19(25)26/h6-10,24H,11H2,1-5H3,(H,25,26). The van der Waals surface area contributed by atoms with Gasteiger partial charge in [0.15, 0.2) is 0 Å². The summed E-state index contributed by atoms with van der Waals surface area (Å²) in [5, 5.41) is 19.5. The van der Waals surface area contributed by atoms with E-state index in [-0.39, 0.29) is 12.0 Å². The molecule has 0 aromatic heterocycles. The van der Waals surface area contributed by atoms with E-state index in [9.17, 15) is 15.0 Å². The van der Waals surface area contributed by atoms with Crippen LogP contribution in [0.1, 0.15) is 56.9 Å². The zero-order valence-electron chi connectivity index (χ0n) is 15.7. The monoisotopic (exact) mass is 417 g/mol. The fourth-order valence-electron chi connectivity index (χ4n) is 3.97. The molecule has 2 aromatic carbocycles. The molecule has 0 radical (unpaired) electrons. The maximum Gasteiger partial charge on any atom is 0.416 e. The Morgan fingerprint density at radius 3 is 2.31 bits per heavy atom. The molecule has 26 heavy (non-hydrogen) atoms. The van der Waals surface area contributed by atoms with Crippen LogP contribution in [0.5, 0.6) is 0 Å². The average Bonchev–Trinajstić information content (AvgIpc) is 2.53. The molecule has 1 aliphatic rings. The van der Waals surface area contributed by atoms with Crippen LogP contribution in [0.4, 0.5) is 16.2 Å². The van der Waals surface area contributed by atoms with Crippen molar-refractivity contribution in [3.8, 4) is 0 Å². The number of anilines is 2. The summed E-state index contributed by atoms with van der Waals surface area (Å²) in [6.45, 7) is 10.6. The second kappa shape index (κ2) is 6.10. The maximum absolute atomic E-state index is 12.2. The normalized spacial score (nSPS) is 15.4. The number of carboxylic acid groups (broad SMARTS) is 1. The van der Waals surface area contributed by atoms with Crippen LogP contribution >= 0.6 is 15.9 Å². The number of amides is 1. The molecule has 138 valence electrons. The number of hydrogen-bond acceptors (Lipinski definition) is 2. The maximum atomic E-state index is 12.2. The molecule has 0 fully saturated rings. The van der Waals surface area contributed by atoms with E-state index in [1.807, 2.05) is 18.2 Å². The second-order valence-electron chi connectivity index (χ2n) is 8.32. The zero-order chi connectivity index (χ0) is 19.4. The number of aliphatic hydroxyl groups is 1. The van der Waals surface area contributed by atoms with Crippen LogP contribution in [0.3, 0.4) is 0 Å². The Bertz CT molecular complexity index is 897. The minimum atomic E-state index is -1.01. The van der Waals surface area contributed by atoms with Gasteiger partial charge in [0.1, 0.15) is 0 Å². The predicted octanol–water partition coefficient (Wildman–Crippen LogP) is 5.69. The lowest BCUT2D eigenvalue weighted by Crippen LogP contribution is -2.38. The third-order valence-electron chi connectivity index (χ3n) is 5.10. The molecule has 2 N–H and O–H groups in total. The van der Waals surface area contributed by atoms with Gasteiger partial charge in [0.25, 0.3) is 0 Å². The summed E-state index contributed by atoms with van der Waals surface area (Å²) in [6, 6.07) is 9.28. The van der Waals surface area contributed by atoms with E-state index in [0.29, 0.717) is 11.4 Å². The van der Waals surface area contributed by atoms with Crippen LogP contribution in [0.2, 0.25) is 0 Å². The Kier molecular flexibility index (Phi) is 4.44. The molecule has 4 nitrogen and oxygen atoms in total. The molecular formula is C21H24BrNO3. The first kappa shape index (κ1) is 18.9. The van der Waals surface area contributed by atoms with Crippen molar-refractivity contribution in [2.45, 2.75) is 52.1 Å². The Hall–Kier alpha value is -1.85. The molecular weight excluding hydrogens is 394 g/mol.